The van der Waals surface area contributed by atoms with Crippen LogP contribution in [0.3, 0.4) is 0 Å². The lowest BCUT2D eigenvalue weighted by Crippen LogP contribution is -2.54. The van der Waals surface area contributed by atoms with Crippen LogP contribution in [-0.2, 0) is 20.2 Å². The summed E-state index contributed by atoms with van der Waals surface area (Å²) in [6, 6.07) is 3.78. The Morgan fingerprint density at radius 1 is 0.893 bits per heavy atom. The van der Waals surface area contributed by atoms with E-state index in [0.29, 0.717) is 13.1 Å². The lowest BCUT2D eigenvalue weighted by Gasteiger charge is -2.35. The summed E-state index contributed by atoms with van der Waals surface area (Å²) in [6.07, 6.45) is 0. The number of hydrogen-bond acceptors (Lipinski definition) is 6. The van der Waals surface area contributed by atoms with Gasteiger partial charge < -0.3 is 0 Å². The second-order valence-corrected chi connectivity index (χ2v) is 10.3. The third kappa shape index (κ3) is 3.46. The van der Waals surface area contributed by atoms with Crippen molar-refractivity contribution in [1.29, 1.82) is 0 Å². The molecule has 154 valence electrons. The minimum Gasteiger partial charge on any atom is -0.288 e. The van der Waals surface area contributed by atoms with Crippen molar-refractivity contribution in [1.82, 2.24) is 18.2 Å². The molecule has 0 radical (unpaired) electrons. The van der Waals surface area contributed by atoms with Gasteiger partial charge in [-0.2, -0.15) is 21.3 Å². The Kier molecular flexibility index (Phi) is 5.60. The number of piperazine rings is 1. The van der Waals surface area contributed by atoms with Crippen LogP contribution in [0.4, 0.5) is 0 Å². The summed E-state index contributed by atoms with van der Waals surface area (Å²) in [5.41, 5.74) is 0.160. The predicted molar refractivity (Wildman–Crippen MR) is 100 cm³/mol. The molecule has 1 saturated heterocycles. The average molecular weight is 431 g/mol. The van der Waals surface area contributed by atoms with E-state index in [1.807, 2.05) is 0 Å². The van der Waals surface area contributed by atoms with Crippen LogP contribution < -0.4 is 5.32 Å². The predicted octanol–water partition coefficient (Wildman–Crippen LogP) is -0.537. The van der Waals surface area contributed by atoms with Gasteiger partial charge in [0.05, 0.1) is 16.0 Å². The smallest absolute Gasteiger partial charge is 0.282 e. The summed E-state index contributed by atoms with van der Waals surface area (Å²) < 4.78 is 54.8. The van der Waals surface area contributed by atoms with Crippen LogP contribution in [0.2, 0.25) is 0 Å². The molecule has 0 saturated carbocycles. The average Bonchev–Trinajstić information content (AvgIpc) is 2.96. The fourth-order valence-electron chi connectivity index (χ4n) is 3.31. The van der Waals surface area contributed by atoms with Gasteiger partial charge in [0.15, 0.2) is 0 Å². The van der Waals surface area contributed by atoms with Gasteiger partial charge >= 0.3 is 0 Å². The minimum atomic E-state index is -3.92. The summed E-state index contributed by atoms with van der Waals surface area (Å²) >= 11 is 0. The molecule has 0 spiro atoms. The Balaban J connectivity index is 1.78. The Bertz CT molecular complexity index is 1010. The van der Waals surface area contributed by atoms with Gasteiger partial charge in [-0.3, -0.25) is 14.9 Å². The van der Waals surface area contributed by atoms with Crippen molar-refractivity contribution in [2.45, 2.75) is 18.7 Å². The van der Waals surface area contributed by atoms with Crippen LogP contribution in [-0.4, -0.2) is 80.8 Å². The van der Waals surface area contributed by atoms with Crippen molar-refractivity contribution in [3.05, 3.63) is 29.3 Å². The maximum absolute atomic E-state index is 12.9. The largest absolute Gasteiger partial charge is 0.288 e. The molecule has 0 aromatic heterocycles. The summed E-state index contributed by atoms with van der Waals surface area (Å²) in [7, 11) is -7.54. The SMILES string of the molecule is CCN(CC)S(=O)(=O)N1CCN(S(=O)(=O)c2ccc3c(c2)C(=O)NC3=O)CC1. The summed E-state index contributed by atoms with van der Waals surface area (Å²) in [5.74, 6) is -1.19. The van der Waals surface area contributed by atoms with Gasteiger partial charge in [0.1, 0.15) is 0 Å². The molecule has 2 aliphatic heterocycles. The molecular weight excluding hydrogens is 408 g/mol. The Labute approximate surface area is 164 Å². The molecule has 0 unspecified atom stereocenters. The summed E-state index contributed by atoms with van der Waals surface area (Å²) in [4.78, 5) is 23.3. The highest BCUT2D eigenvalue weighted by atomic mass is 32.2. The number of amides is 2. The highest BCUT2D eigenvalue weighted by Crippen LogP contribution is 2.24. The Hall–Kier alpha value is -1.86. The zero-order valence-corrected chi connectivity index (χ0v) is 17.2. The molecule has 3 rings (SSSR count). The van der Waals surface area contributed by atoms with Crippen molar-refractivity contribution in [2.24, 2.45) is 0 Å². The normalized spacial score (nSPS) is 19.1. The van der Waals surface area contributed by atoms with Gasteiger partial charge in [-0.15, -0.1) is 0 Å². The number of fused-ring (bicyclic) bond motifs is 1. The first-order valence-corrected chi connectivity index (χ1v) is 11.7. The Morgan fingerprint density at radius 3 is 2.00 bits per heavy atom. The third-order valence-corrected chi connectivity index (χ3v) is 8.98. The summed E-state index contributed by atoms with van der Waals surface area (Å²) in [6.45, 7) is 4.27. The molecule has 2 aliphatic rings. The van der Waals surface area contributed by atoms with Gasteiger partial charge in [-0.05, 0) is 18.2 Å². The second-order valence-electron chi connectivity index (χ2n) is 6.39. The van der Waals surface area contributed by atoms with E-state index in [0.717, 1.165) is 0 Å². The topological polar surface area (TPSA) is 124 Å². The quantitative estimate of drug-likeness (QED) is 0.605. The van der Waals surface area contributed by atoms with Gasteiger partial charge in [-0.25, -0.2) is 8.42 Å². The third-order valence-electron chi connectivity index (χ3n) is 4.90. The molecule has 10 nitrogen and oxygen atoms in total. The van der Waals surface area contributed by atoms with Crippen LogP contribution in [0.5, 0.6) is 0 Å². The molecular formula is C16H22N4O6S2. The van der Waals surface area contributed by atoms with Crippen LogP contribution in [0, 0.1) is 0 Å². The van der Waals surface area contributed by atoms with Gasteiger partial charge in [0, 0.05) is 39.3 Å². The highest BCUT2D eigenvalue weighted by Gasteiger charge is 2.36. The molecule has 0 atom stereocenters. The van der Waals surface area contributed by atoms with Crippen LogP contribution >= 0.6 is 0 Å². The van der Waals surface area contributed by atoms with E-state index < -0.39 is 32.0 Å². The van der Waals surface area contributed by atoms with Crippen molar-refractivity contribution < 1.29 is 26.4 Å². The fraction of sp³-hybridized carbons (Fsp3) is 0.500. The first-order valence-electron chi connectivity index (χ1n) is 8.88. The van der Waals surface area contributed by atoms with E-state index in [-0.39, 0.29) is 42.2 Å². The first kappa shape index (κ1) is 20.9. The highest BCUT2D eigenvalue weighted by molar-refractivity contribution is 7.89. The van der Waals surface area contributed by atoms with Gasteiger partial charge in [-0.1, -0.05) is 13.8 Å². The fourth-order valence-corrected chi connectivity index (χ4v) is 6.36. The molecule has 0 aliphatic carbocycles. The maximum Gasteiger partial charge on any atom is 0.282 e. The molecule has 1 aromatic carbocycles. The Morgan fingerprint density at radius 2 is 1.43 bits per heavy atom. The van der Waals surface area contributed by atoms with E-state index in [2.05, 4.69) is 5.32 Å². The van der Waals surface area contributed by atoms with Gasteiger partial charge in [0.2, 0.25) is 10.0 Å². The second kappa shape index (κ2) is 7.52. The number of rotatable bonds is 6. The number of nitrogens with one attached hydrogen (secondary N) is 1. The van der Waals surface area contributed by atoms with Crippen LogP contribution in [0.25, 0.3) is 0 Å². The minimum absolute atomic E-state index is 0.00500. The lowest BCUT2D eigenvalue weighted by molar-refractivity contribution is 0.0879. The number of carbonyl (C=O) groups is 2. The standard InChI is InChI=1S/C16H22N4O6S2/c1-3-18(4-2)28(25,26)20-9-7-19(8-10-20)27(23,24)12-5-6-13-14(11-12)16(22)17-15(13)21/h5-6,11H,3-4,7-10H2,1-2H3,(H,17,21,22). The van der Waals surface area contributed by atoms with E-state index in [9.17, 15) is 26.4 Å². The maximum atomic E-state index is 12.9. The molecule has 0 bridgehead atoms. The van der Waals surface area contributed by atoms with Crippen molar-refractivity contribution in [3.63, 3.8) is 0 Å². The van der Waals surface area contributed by atoms with Crippen molar-refractivity contribution >= 4 is 32.0 Å². The summed E-state index contributed by atoms with van der Waals surface area (Å²) in [5, 5.41) is 2.12. The van der Waals surface area contributed by atoms with E-state index >= 15 is 0 Å². The van der Waals surface area contributed by atoms with E-state index in [1.54, 1.807) is 13.8 Å². The molecule has 1 fully saturated rings. The van der Waals surface area contributed by atoms with Crippen LogP contribution in [0.1, 0.15) is 34.6 Å². The van der Waals surface area contributed by atoms with E-state index in [1.165, 1.54) is 31.1 Å². The molecule has 12 heteroatoms. The molecule has 2 amide bonds. The molecule has 2 heterocycles. The van der Waals surface area contributed by atoms with Crippen molar-refractivity contribution in [2.75, 3.05) is 39.3 Å². The number of hydrogen-bond donors (Lipinski definition) is 1. The van der Waals surface area contributed by atoms with Gasteiger partial charge in [0.25, 0.3) is 22.0 Å². The monoisotopic (exact) mass is 430 g/mol. The van der Waals surface area contributed by atoms with Crippen molar-refractivity contribution in [3.8, 4) is 0 Å². The van der Waals surface area contributed by atoms with E-state index in [4.69, 9.17) is 0 Å². The number of nitrogens with zero attached hydrogens (tertiary/aromatic N) is 3. The molecule has 1 N–H and O–H groups in total. The van der Waals surface area contributed by atoms with Crippen LogP contribution in [0.15, 0.2) is 23.1 Å². The molecule has 1 aromatic rings. The lowest BCUT2D eigenvalue weighted by atomic mass is 10.1. The zero-order valence-electron chi connectivity index (χ0n) is 15.6. The number of imide groups is 1. The number of sulfonamides is 1. The first-order chi connectivity index (χ1) is 13.1. The zero-order chi connectivity index (χ0) is 20.7. The molecule has 28 heavy (non-hydrogen) atoms. The number of benzene rings is 1. The number of carbonyl (C=O) groups excluding carboxylic acids is 2.